The van der Waals surface area contributed by atoms with Crippen molar-refractivity contribution in [3.63, 3.8) is 0 Å². The van der Waals surface area contributed by atoms with Crippen LogP contribution in [0.3, 0.4) is 0 Å². The van der Waals surface area contributed by atoms with Crippen LogP contribution in [0.1, 0.15) is 0 Å². The van der Waals surface area contributed by atoms with Crippen LogP contribution in [0.4, 0.5) is 0 Å². The molecule has 0 unspecified atom stereocenters. The molecule has 2 heterocycles. The molecule has 0 N–H and O–H groups in total. The predicted octanol–water partition coefficient (Wildman–Crippen LogP) is 15.1. The number of hydrogen-bond acceptors (Lipinski definition) is 2. The zero-order valence-corrected chi connectivity index (χ0v) is 29.1. The van der Waals surface area contributed by atoms with Gasteiger partial charge in [0.1, 0.15) is 22.3 Å². The van der Waals surface area contributed by atoms with Crippen molar-refractivity contribution in [2.24, 2.45) is 0 Å². The minimum Gasteiger partial charge on any atom is -0.455 e. The first kappa shape index (κ1) is 29.4. The molecule has 0 fully saturated rings. The van der Waals surface area contributed by atoms with Crippen molar-refractivity contribution in [1.29, 1.82) is 0 Å². The zero-order chi connectivity index (χ0) is 35.3. The standard InChI is InChI=1S/C52H30O2/c1-2-14-32-31(13-1)27-28-34-33(32)21-11-22-36(34)48-37-16-3-5-18-39(37)49(40-19-6-4-17-38(40)48)45-30-29-41(50-44-20-8-10-26-47(44)54-52(45)50)43-24-12-23-42-35-15-7-9-25-46(35)53-51(42)43/h1-30H. The van der Waals surface area contributed by atoms with Crippen molar-refractivity contribution in [2.45, 2.75) is 0 Å². The zero-order valence-electron chi connectivity index (χ0n) is 29.1. The Balaban J connectivity index is 1.19. The van der Waals surface area contributed by atoms with Crippen LogP contribution in [0.2, 0.25) is 0 Å². The number of para-hydroxylation sites is 3. The number of furan rings is 2. The largest absolute Gasteiger partial charge is 0.455 e. The highest BCUT2D eigenvalue weighted by Crippen LogP contribution is 2.50. The summed E-state index contributed by atoms with van der Waals surface area (Å²) < 4.78 is 13.5. The van der Waals surface area contributed by atoms with Crippen LogP contribution >= 0.6 is 0 Å². The van der Waals surface area contributed by atoms with Crippen molar-refractivity contribution >= 4 is 87.0 Å². The number of hydrogen-bond donors (Lipinski definition) is 0. The molecule has 0 radical (unpaired) electrons. The first-order valence-electron chi connectivity index (χ1n) is 18.5. The van der Waals surface area contributed by atoms with Crippen molar-refractivity contribution in [2.75, 3.05) is 0 Å². The summed E-state index contributed by atoms with van der Waals surface area (Å²) in [7, 11) is 0. The minimum atomic E-state index is 0.867. The van der Waals surface area contributed by atoms with Gasteiger partial charge in [0, 0.05) is 38.2 Å². The highest BCUT2D eigenvalue weighted by molar-refractivity contribution is 6.28. The fourth-order valence-corrected chi connectivity index (χ4v) is 9.18. The molecule has 10 aromatic carbocycles. The Morgan fingerprint density at radius 3 is 1.46 bits per heavy atom. The smallest absolute Gasteiger partial charge is 0.143 e. The van der Waals surface area contributed by atoms with E-state index in [2.05, 4.69) is 170 Å². The van der Waals surface area contributed by atoms with Gasteiger partial charge in [-0.2, -0.15) is 0 Å². The average Bonchev–Trinajstić information content (AvgIpc) is 3.82. The Morgan fingerprint density at radius 1 is 0.241 bits per heavy atom. The van der Waals surface area contributed by atoms with Gasteiger partial charge in [0.25, 0.3) is 0 Å². The third-order valence-electron chi connectivity index (χ3n) is 11.5. The molecule has 0 bridgehead atoms. The first-order chi connectivity index (χ1) is 26.8. The molecule has 54 heavy (non-hydrogen) atoms. The molecular weight excluding hydrogens is 657 g/mol. The summed E-state index contributed by atoms with van der Waals surface area (Å²) in [6.07, 6.45) is 0. The number of benzene rings is 10. The van der Waals surface area contributed by atoms with Crippen LogP contribution in [0.25, 0.3) is 120 Å². The first-order valence-corrected chi connectivity index (χ1v) is 18.5. The van der Waals surface area contributed by atoms with E-state index in [9.17, 15) is 0 Å². The van der Waals surface area contributed by atoms with Crippen molar-refractivity contribution in [3.05, 3.63) is 182 Å². The van der Waals surface area contributed by atoms with E-state index in [4.69, 9.17) is 8.83 Å². The molecule has 0 saturated carbocycles. The molecule has 0 aliphatic rings. The van der Waals surface area contributed by atoms with Crippen LogP contribution in [0.5, 0.6) is 0 Å². The molecule has 0 aliphatic heterocycles. The molecule has 0 aliphatic carbocycles. The van der Waals surface area contributed by atoms with E-state index in [1.807, 2.05) is 12.1 Å². The van der Waals surface area contributed by atoms with Gasteiger partial charge in [0.05, 0.1) is 0 Å². The average molecular weight is 687 g/mol. The third-order valence-corrected chi connectivity index (χ3v) is 11.5. The van der Waals surface area contributed by atoms with Crippen LogP contribution in [0, 0.1) is 0 Å². The van der Waals surface area contributed by atoms with Gasteiger partial charge in [0.2, 0.25) is 0 Å². The summed E-state index contributed by atoms with van der Waals surface area (Å²) >= 11 is 0. The molecule has 12 aromatic rings. The fourth-order valence-electron chi connectivity index (χ4n) is 9.18. The predicted molar refractivity (Wildman–Crippen MR) is 227 cm³/mol. The molecule has 12 rings (SSSR count). The van der Waals surface area contributed by atoms with Gasteiger partial charge in [-0.25, -0.2) is 0 Å². The molecule has 2 aromatic heterocycles. The molecule has 0 saturated heterocycles. The Hall–Kier alpha value is -7.16. The topological polar surface area (TPSA) is 26.3 Å². The lowest BCUT2D eigenvalue weighted by Gasteiger charge is -2.19. The lowest BCUT2D eigenvalue weighted by molar-refractivity contribution is 0.669. The second-order valence-corrected chi connectivity index (χ2v) is 14.3. The summed E-state index contributed by atoms with van der Waals surface area (Å²) in [5.41, 5.74) is 10.4. The molecule has 0 amide bonds. The van der Waals surface area contributed by atoms with E-state index in [1.54, 1.807) is 0 Å². The summed E-state index contributed by atoms with van der Waals surface area (Å²) in [6, 6.07) is 65.4. The number of rotatable bonds is 3. The van der Waals surface area contributed by atoms with E-state index < -0.39 is 0 Å². The maximum atomic E-state index is 6.95. The fraction of sp³-hybridized carbons (Fsp3) is 0. The van der Waals surface area contributed by atoms with Crippen LogP contribution in [-0.2, 0) is 0 Å². The second-order valence-electron chi connectivity index (χ2n) is 14.3. The van der Waals surface area contributed by atoms with Gasteiger partial charge in [-0.3, -0.25) is 0 Å². The van der Waals surface area contributed by atoms with Crippen molar-refractivity contribution in [3.8, 4) is 33.4 Å². The molecule has 250 valence electrons. The SMILES string of the molecule is c1ccc2c(c1)ccc1c(-c3c4ccccc4c(-c4ccc(-c5cccc6c5oc5ccccc56)c5c4oc4ccccc45)c4ccccc34)cccc12. The third kappa shape index (κ3) is 4.05. The van der Waals surface area contributed by atoms with Gasteiger partial charge in [-0.05, 0) is 78.0 Å². The second kappa shape index (κ2) is 11.2. The Morgan fingerprint density at radius 2 is 0.741 bits per heavy atom. The lowest BCUT2D eigenvalue weighted by atomic mass is 9.83. The van der Waals surface area contributed by atoms with Gasteiger partial charge in [-0.1, -0.05) is 164 Å². The van der Waals surface area contributed by atoms with E-state index in [-0.39, 0.29) is 0 Å². The normalized spacial score (nSPS) is 12.1. The summed E-state index contributed by atoms with van der Waals surface area (Å²) in [4.78, 5) is 0. The molecule has 0 spiro atoms. The van der Waals surface area contributed by atoms with Crippen molar-refractivity contribution < 1.29 is 8.83 Å². The monoisotopic (exact) mass is 686 g/mol. The highest BCUT2D eigenvalue weighted by atomic mass is 16.3. The van der Waals surface area contributed by atoms with E-state index in [0.717, 1.165) is 60.6 Å². The lowest BCUT2D eigenvalue weighted by Crippen LogP contribution is -1.92. The van der Waals surface area contributed by atoms with Crippen molar-refractivity contribution in [1.82, 2.24) is 0 Å². The van der Waals surface area contributed by atoms with E-state index in [1.165, 1.54) is 59.8 Å². The molecule has 2 nitrogen and oxygen atoms in total. The molecule has 2 heteroatoms. The van der Waals surface area contributed by atoms with Crippen LogP contribution in [0.15, 0.2) is 191 Å². The van der Waals surface area contributed by atoms with Gasteiger partial charge in [0.15, 0.2) is 0 Å². The summed E-state index contributed by atoms with van der Waals surface area (Å²) in [6.45, 7) is 0. The van der Waals surface area contributed by atoms with Gasteiger partial charge >= 0.3 is 0 Å². The van der Waals surface area contributed by atoms with Crippen LogP contribution < -0.4 is 0 Å². The van der Waals surface area contributed by atoms with E-state index >= 15 is 0 Å². The maximum absolute atomic E-state index is 6.95. The molecular formula is C52H30O2. The Bertz CT molecular complexity index is 3450. The van der Waals surface area contributed by atoms with Gasteiger partial charge in [-0.15, -0.1) is 0 Å². The van der Waals surface area contributed by atoms with Gasteiger partial charge < -0.3 is 8.83 Å². The number of fused-ring (bicyclic) bond motifs is 11. The molecule has 0 atom stereocenters. The maximum Gasteiger partial charge on any atom is 0.143 e. The summed E-state index contributed by atoms with van der Waals surface area (Å²) in [5, 5.41) is 14.3. The quantitative estimate of drug-likeness (QED) is 0.137. The Kier molecular flexibility index (Phi) is 6.09. The van der Waals surface area contributed by atoms with E-state index in [0.29, 0.717) is 0 Å². The Labute approximate surface area is 310 Å². The highest BCUT2D eigenvalue weighted by Gasteiger charge is 2.24. The minimum absolute atomic E-state index is 0.867. The summed E-state index contributed by atoms with van der Waals surface area (Å²) in [5.74, 6) is 0. The van der Waals surface area contributed by atoms with Crippen LogP contribution in [-0.4, -0.2) is 0 Å².